The molecule has 3 atom stereocenters. The van der Waals surface area contributed by atoms with Crippen LogP contribution < -0.4 is 15.0 Å². The van der Waals surface area contributed by atoms with Gasteiger partial charge in [0.1, 0.15) is 11.8 Å². The van der Waals surface area contributed by atoms with E-state index in [4.69, 9.17) is 4.74 Å². The molecule has 1 unspecified atom stereocenters. The Bertz CT molecular complexity index is 666. The first-order valence-electron chi connectivity index (χ1n) is 9.10. The average molecular weight is 361 g/mol. The largest absolute Gasteiger partial charge is 0.495 e. The number of para-hydroxylation sites is 2. The standard InChI is InChI=1S/C19H27N3O4/c1-13(23)22-12-15(24)9-17(22)19(25)20-10-14-7-8-21(11-14)16-5-3-4-6-18(16)26-2/h3-6,14-15,17,24H,7-12H2,1-2H3,(H,20,25)/t14?,15-,17+/m0/s1. The lowest BCUT2D eigenvalue weighted by Gasteiger charge is -2.23. The molecule has 2 saturated heterocycles. The molecule has 7 heteroatoms. The van der Waals surface area contributed by atoms with Gasteiger partial charge < -0.3 is 25.0 Å². The van der Waals surface area contributed by atoms with Gasteiger partial charge >= 0.3 is 0 Å². The van der Waals surface area contributed by atoms with Gasteiger partial charge in [0.05, 0.1) is 18.9 Å². The molecular weight excluding hydrogens is 334 g/mol. The van der Waals surface area contributed by atoms with Crippen LogP contribution in [-0.2, 0) is 9.59 Å². The van der Waals surface area contributed by atoms with E-state index in [1.165, 1.54) is 11.8 Å². The minimum atomic E-state index is -0.623. The molecule has 3 rings (SSSR count). The minimum absolute atomic E-state index is 0.174. The summed E-state index contributed by atoms with van der Waals surface area (Å²) < 4.78 is 5.43. The lowest BCUT2D eigenvalue weighted by molar-refractivity contribution is -0.137. The van der Waals surface area contributed by atoms with Gasteiger partial charge in [-0.1, -0.05) is 12.1 Å². The van der Waals surface area contributed by atoms with Crippen molar-refractivity contribution in [3.63, 3.8) is 0 Å². The fourth-order valence-corrected chi connectivity index (χ4v) is 3.88. The summed E-state index contributed by atoms with van der Waals surface area (Å²) in [6, 6.07) is 7.38. The van der Waals surface area contributed by atoms with Crippen molar-refractivity contribution in [1.82, 2.24) is 10.2 Å². The van der Waals surface area contributed by atoms with Crippen LogP contribution in [0.2, 0.25) is 0 Å². The van der Waals surface area contributed by atoms with Gasteiger partial charge in [-0.2, -0.15) is 0 Å². The number of hydrogen-bond acceptors (Lipinski definition) is 5. The second kappa shape index (κ2) is 7.95. The molecule has 1 aromatic rings. The fourth-order valence-electron chi connectivity index (χ4n) is 3.88. The van der Waals surface area contributed by atoms with E-state index in [9.17, 15) is 14.7 Å². The summed E-state index contributed by atoms with van der Waals surface area (Å²) >= 11 is 0. The Morgan fingerprint density at radius 2 is 2.08 bits per heavy atom. The number of carbonyl (C=O) groups is 2. The molecule has 0 radical (unpaired) electrons. The number of likely N-dealkylation sites (tertiary alicyclic amines) is 1. The highest BCUT2D eigenvalue weighted by molar-refractivity contribution is 5.87. The Morgan fingerprint density at radius 3 is 2.81 bits per heavy atom. The van der Waals surface area contributed by atoms with Gasteiger partial charge in [0.15, 0.2) is 0 Å². The molecule has 0 saturated carbocycles. The normalized spacial score (nSPS) is 25.4. The number of anilines is 1. The quantitative estimate of drug-likeness (QED) is 0.803. The second-order valence-corrected chi connectivity index (χ2v) is 7.09. The number of methoxy groups -OCH3 is 1. The molecule has 26 heavy (non-hydrogen) atoms. The first kappa shape index (κ1) is 18.5. The molecule has 0 spiro atoms. The van der Waals surface area contributed by atoms with Gasteiger partial charge in [-0.05, 0) is 24.5 Å². The summed E-state index contributed by atoms with van der Waals surface area (Å²) in [6.07, 6.45) is 0.674. The van der Waals surface area contributed by atoms with Gasteiger partial charge in [-0.15, -0.1) is 0 Å². The highest BCUT2D eigenvalue weighted by Gasteiger charge is 2.37. The fraction of sp³-hybridized carbons (Fsp3) is 0.579. The van der Waals surface area contributed by atoms with Gasteiger partial charge in [0.2, 0.25) is 11.8 Å². The molecule has 0 bridgehead atoms. The number of nitrogens with one attached hydrogen (secondary N) is 1. The zero-order chi connectivity index (χ0) is 18.7. The SMILES string of the molecule is COc1ccccc1N1CCC(CNC(=O)[C@H]2C[C@H](O)CN2C(C)=O)C1. The third kappa shape index (κ3) is 3.93. The summed E-state index contributed by atoms with van der Waals surface area (Å²) in [5.74, 6) is 0.854. The number of amides is 2. The van der Waals surface area contributed by atoms with Gasteiger partial charge in [0.25, 0.3) is 0 Å². The van der Waals surface area contributed by atoms with E-state index in [0.717, 1.165) is 30.9 Å². The summed E-state index contributed by atoms with van der Waals surface area (Å²) in [6.45, 7) is 4.01. The molecule has 2 aliphatic rings. The van der Waals surface area contributed by atoms with Crippen molar-refractivity contribution in [1.29, 1.82) is 0 Å². The molecule has 0 aliphatic carbocycles. The van der Waals surface area contributed by atoms with Crippen LogP contribution >= 0.6 is 0 Å². The van der Waals surface area contributed by atoms with Crippen molar-refractivity contribution in [3.05, 3.63) is 24.3 Å². The van der Waals surface area contributed by atoms with E-state index >= 15 is 0 Å². The van der Waals surface area contributed by atoms with E-state index < -0.39 is 12.1 Å². The van der Waals surface area contributed by atoms with Crippen molar-refractivity contribution in [2.24, 2.45) is 5.92 Å². The zero-order valence-corrected chi connectivity index (χ0v) is 15.4. The van der Waals surface area contributed by atoms with E-state index in [-0.39, 0.29) is 18.4 Å². The van der Waals surface area contributed by atoms with Crippen LogP contribution in [0.25, 0.3) is 0 Å². The summed E-state index contributed by atoms with van der Waals surface area (Å²) in [5.41, 5.74) is 1.07. The Hall–Kier alpha value is -2.28. The smallest absolute Gasteiger partial charge is 0.242 e. The van der Waals surface area contributed by atoms with Crippen molar-refractivity contribution in [2.45, 2.75) is 31.9 Å². The summed E-state index contributed by atoms with van der Waals surface area (Å²) in [5, 5.41) is 12.7. The Labute approximate surface area is 153 Å². The monoisotopic (exact) mass is 361 g/mol. The molecule has 2 aliphatic heterocycles. The van der Waals surface area contributed by atoms with Crippen molar-refractivity contribution < 1.29 is 19.4 Å². The van der Waals surface area contributed by atoms with E-state index in [1.807, 2.05) is 24.3 Å². The van der Waals surface area contributed by atoms with Crippen molar-refractivity contribution >= 4 is 17.5 Å². The zero-order valence-electron chi connectivity index (χ0n) is 15.4. The van der Waals surface area contributed by atoms with Crippen LogP contribution in [0, 0.1) is 5.92 Å². The number of rotatable bonds is 5. The van der Waals surface area contributed by atoms with Crippen LogP contribution in [0.4, 0.5) is 5.69 Å². The minimum Gasteiger partial charge on any atom is -0.495 e. The van der Waals surface area contributed by atoms with Crippen LogP contribution in [0.5, 0.6) is 5.75 Å². The number of carbonyl (C=O) groups excluding carboxylic acids is 2. The molecule has 142 valence electrons. The molecule has 2 fully saturated rings. The summed E-state index contributed by atoms with van der Waals surface area (Å²) in [4.78, 5) is 27.8. The lowest BCUT2D eigenvalue weighted by atomic mass is 10.1. The molecule has 0 aromatic heterocycles. The maximum atomic E-state index is 12.5. The predicted octanol–water partition coefficient (Wildman–Crippen LogP) is 0.619. The van der Waals surface area contributed by atoms with Crippen LogP contribution in [0.3, 0.4) is 0 Å². The predicted molar refractivity (Wildman–Crippen MR) is 98.1 cm³/mol. The number of benzene rings is 1. The highest BCUT2D eigenvalue weighted by Crippen LogP contribution is 2.31. The molecule has 7 nitrogen and oxygen atoms in total. The lowest BCUT2D eigenvalue weighted by Crippen LogP contribution is -2.46. The van der Waals surface area contributed by atoms with Crippen LogP contribution in [0.1, 0.15) is 19.8 Å². The number of aliphatic hydroxyl groups is 1. The maximum Gasteiger partial charge on any atom is 0.242 e. The van der Waals surface area contributed by atoms with Crippen molar-refractivity contribution in [3.8, 4) is 5.75 Å². The molecule has 2 N–H and O–H groups in total. The van der Waals surface area contributed by atoms with Crippen LogP contribution in [0.15, 0.2) is 24.3 Å². The number of β-amino-alcohol motifs (C(OH)–C–C–N with tert-alkyl or cyclic N) is 1. The van der Waals surface area contributed by atoms with Gasteiger partial charge in [-0.3, -0.25) is 9.59 Å². The second-order valence-electron chi connectivity index (χ2n) is 7.09. The molecular formula is C19H27N3O4. The van der Waals surface area contributed by atoms with Crippen LogP contribution in [-0.4, -0.2) is 67.3 Å². The Morgan fingerprint density at radius 1 is 1.31 bits per heavy atom. The molecule has 2 heterocycles. The first-order chi connectivity index (χ1) is 12.5. The highest BCUT2D eigenvalue weighted by atomic mass is 16.5. The third-order valence-corrected chi connectivity index (χ3v) is 5.26. The topological polar surface area (TPSA) is 82.1 Å². The van der Waals surface area contributed by atoms with Gasteiger partial charge in [-0.25, -0.2) is 0 Å². The van der Waals surface area contributed by atoms with E-state index in [2.05, 4.69) is 10.2 Å². The van der Waals surface area contributed by atoms with Crippen molar-refractivity contribution in [2.75, 3.05) is 38.2 Å². The number of aliphatic hydroxyl groups excluding tert-OH is 1. The van der Waals surface area contributed by atoms with E-state index in [0.29, 0.717) is 18.9 Å². The number of hydrogen-bond donors (Lipinski definition) is 2. The Kier molecular flexibility index (Phi) is 5.66. The molecule has 2 amide bonds. The van der Waals surface area contributed by atoms with E-state index in [1.54, 1.807) is 7.11 Å². The van der Waals surface area contributed by atoms with Gasteiger partial charge in [0, 0.05) is 39.5 Å². The molecule has 1 aromatic carbocycles. The Balaban J connectivity index is 1.53. The first-order valence-corrected chi connectivity index (χ1v) is 9.10. The number of ether oxygens (including phenoxy) is 1. The maximum absolute atomic E-state index is 12.5. The third-order valence-electron chi connectivity index (χ3n) is 5.26. The average Bonchev–Trinajstić information content (AvgIpc) is 3.26. The summed E-state index contributed by atoms with van der Waals surface area (Å²) in [7, 11) is 1.67. The number of nitrogens with zero attached hydrogens (tertiary/aromatic N) is 2.